The minimum Gasteiger partial charge on any atom is -0.330 e. The van der Waals surface area contributed by atoms with Gasteiger partial charge in [0.05, 0.1) is 0 Å². The van der Waals surface area contributed by atoms with E-state index >= 15 is 0 Å². The monoisotopic (exact) mass is 100 g/mol. The molecule has 0 rings (SSSR count). The zero-order valence-corrected chi connectivity index (χ0v) is 5.07. The summed E-state index contributed by atoms with van der Waals surface area (Å²) < 4.78 is 0. The maximum absolute atomic E-state index is 5.25. The molecule has 0 spiro atoms. The van der Waals surface area contributed by atoms with Crippen molar-refractivity contribution in [1.82, 2.24) is 0 Å². The average molecular weight is 100 g/mol. The normalized spacial score (nSPS) is 14.5. The van der Waals surface area contributed by atoms with Gasteiger partial charge >= 0.3 is 0 Å². The van der Waals surface area contributed by atoms with Crippen molar-refractivity contribution in [2.75, 3.05) is 6.54 Å². The van der Waals surface area contributed by atoms with Crippen LogP contribution in [0.1, 0.15) is 6.92 Å². The third-order valence-corrected chi connectivity index (χ3v) is 1.45. The van der Waals surface area contributed by atoms with Gasteiger partial charge in [0.1, 0.15) is 0 Å². The molecule has 0 heterocycles. The summed E-state index contributed by atoms with van der Waals surface area (Å²) in [6.07, 6.45) is 0. The second-order valence-corrected chi connectivity index (χ2v) is 1.95. The minimum absolute atomic E-state index is 0.627. The van der Waals surface area contributed by atoms with Gasteiger partial charge in [0.2, 0.25) is 0 Å². The third-order valence-electron chi connectivity index (χ3n) is 0.751. The van der Waals surface area contributed by atoms with Crippen LogP contribution in [0.3, 0.4) is 0 Å². The lowest BCUT2D eigenvalue weighted by Crippen LogP contribution is -2.09. The van der Waals surface area contributed by atoms with Crippen molar-refractivity contribution >= 4 is 10.2 Å². The molecule has 0 fully saturated rings. The van der Waals surface area contributed by atoms with E-state index < -0.39 is 0 Å². The quantitative estimate of drug-likeness (QED) is 0.492. The molecule has 0 aliphatic heterocycles. The van der Waals surface area contributed by atoms with Gasteiger partial charge in [-0.25, -0.2) is 0 Å². The van der Waals surface area contributed by atoms with Crippen LogP contribution >= 0.6 is 0 Å². The van der Waals surface area contributed by atoms with Crippen LogP contribution in [0.15, 0.2) is 0 Å². The smallest absolute Gasteiger partial charge is 0.0225 e. The van der Waals surface area contributed by atoms with Gasteiger partial charge < -0.3 is 5.73 Å². The Morgan fingerprint density at radius 1 is 1.83 bits per heavy atom. The largest absolute Gasteiger partial charge is 0.330 e. The SMILES string of the molecule is CC(CN)C[Si]. The van der Waals surface area contributed by atoms with Gasteiger partial charge in [-0.15, -0.1) is 0 Å². The van der Waals surface area contributed by atoms with Crippen LogP contribution in [-0.4, -0.2) is 16.8 Å². The Labute approximate surface area is 42.3 Å². The first-order valence-corrected chi connectivity index (χ1v) is 2.86. The summed E-state index contributed by atoms with van der Waals surface area (Å²) in [5.74, 6) is 0.627. The number of rotatable bonds is 2. The van der Waals surface area contributed by atoms with Crippen molar-refractivity contribution < 1.29 is 0 Å². The van der Waals surface area contributed by atoms with E-state index in [1.54, 1.807) is 0 Å². The molecule has 0 bridgehead atoms. The number of hydrogen-bond acceptors (Lipinski definition) is 1. The molecule has 0 aromatic rings. The lowest BCUT2D eigenvalue weighted by Gasteiger charge is -1.98. The molecule has 3 radical (unpaired) electrons. The van der Waals surface area contributed by atoms with Crippen molar-refractivity contribution in [3.63, 3.8) is 0 Å². The van der Waals surface area contributed by atoms with Crippen LogP contribution in [0, 0.1) is 5.92 Å². The molecule has 1 unspecified atom stereocenters. The Balaban J connectivity index is 2.75. The van der Waals surface area contributed by atoms with Gasteiger partial charge in [-0.05, 0) is 12.5 Å². The maximum atomic E-state index is 5.25. The van der Waals surface area contributed by atoms with E-state index in [-0.39, 0.29) is 0 Å². The molecule has 2 heteroatoms. The number of nitrogens with two attached hydrogens (primary N) is 1. The lowest BCUT2D eigenvalue weighted by molar-refractivity contribution is 0.663. The Hall–Kier alpha value is 0.177. The minimum atomic E-state index is 0.627. The zero-order chi connectivity index (χ0) is 4.99. The topological polar surface area (TPSA) is 26.0 Å². The molecule has 2 N–H and O–H groups in total. The first-order chi connectivity index (χ1) is 2.81. The fourth-order valence-corrected chi connectivity index (χ4v) is 0.250. The van der Waals surface area contributed by atoms with Crippen molar-refractivity contribution in [2.45, 2.75) is 13.0 Å². The zero-order valence-electron chi connectivity index (χ0n) is 4.07. The summed E-state index contributed by atoms with van der Waals surface area (Å²) in [6, 6.07) is 1.01. The second kappa shape index (κ2) is 3.37. The Bertz CT molecular complexity index is 26.7. The van der Waals surface area contributed by atoms with Gasteiger partial charge in [-0.3, -0.25) is 0 Å². The maximum Gasteiger partial charge on any atom is 0.0225 e. The molecule has 0 aliphatic rings. The van der Waals surface area contributed by atoms with Crippen LogP contribution in [0.25, 0.3) is 0 Å². The van der Waals surface area contributed by atoms with Crippen LogP contribution in [-0.2, 0) is 0 Å². The highest BCUT2D eigenvalue weighted by molar-refractivity contribution is 6.08. The molecule has 0 aromatic heterocycles. The van der Waals surface area contributed by atoms with Gasteiger partial charge in [-0.2, -0.15) is 0 Å². The highest BCUT2D eigenvalue weighted by atomic mass is 28.1. The lowest BCUT2D eigenvalue weighted by atomic mass is 10.2. The van der Waals surface area contributed by atoms with Crippen molar-refractivity contribution in [3.8, 4) is 0 Å². The molecule has 0 aliphatic carbocycles. The molecule has 1 atom stereocenters. The van der Waals surface area contributed by atoms with Crippen molar-refractivity contribution in [3.05, 3.63) is 0 Å². The molecular formula is C4H10NSi. The summed E-state index contributed by atoms with van der Waals surface area (Å²) in [5, 5.41) is 0. The first-order valence-electron chi connectivity index (χ1n) is 2.16. The van der Waals surface area contributed by atoms with E-state index in [2.05, 4.69) is 17.2 Å². The third kappa shape index (κ3) is 2.42. The van der Waals surface area contributed by atoms with Gasteiger partial charge in [0.25, 0.3) is 0 Å². The fourth-order valence-electron chi connectivity index (χ4n) is 0.0833. The Morgan fingerprint density at radius 3 is 2.33 bits per heavy atom. The fraction of sp³-hybridized carbons (Fsp3) is 1.00. The molecular weight excluding hydrogens is 90.1 g/mol. The predicted octanol–water partition coefficient (Wildman–Crippen LogP) is 0.168. The van der Waals surface area contributed by atoms with Crippen LogP contribution in [0.2, 0.25) is 6.04 Å². The summed E-state index contributed by atoms with van der Waals surface area (Å²) in [5.41, 5.74) is 5.25. The van der Waals surface area contributed by atoms with E-state index in [0.29, 0.717) is 5.92 Å². The first kappa shape index (κ1) is 6.18. The highest BCUT2D eigenvalue weighted by Gasteiger charge is 1.89. The van der Waals surface area contributed by atoms with E-state index in [9.17, 15) is 0 Å². The van der Waals surface area contributed by atoms with Crippen LogP contribution in [0.5, 0.6) is 0 Å². The average Bonchev–Trinajstić information content (AvgIpc) is 1.65. The molecule has 35 valence electrons. The molecule has 0 amide bonds. The van der Waals surface area contributed by atoms with Crippen LogP contribution < -0.4 is 5.73 Å². The molecule has 1 nitrogen and oxygen atoms in total. The van der Waals surface area contributed by atoms with Crippen molar-refractivity contribution in [2.24, 2.45) is 11.7 Å². The van der Waals surface area contributed by atoms with Gasteiger partial charge in [0, 0.05) is 10.2 Å². The van der Waals surface area contributed by atoms with E-state index in [4.69, 9.17) is 5.73 Å². The molecule has 6 heavy (non-hydrogen) atoms. The van der Waals surface area contributed by atoms with Gasteiger partial charge in [0.15, 0.2) is 0 Å². The molecule has 0 aromatic carbocycles. The van der Waals surface area contributed by atoms with E-state index in [0.717, 1.165) is 12.6 Å². The highest BCUT2D eigenvalue weighted by Crippen LogP contribution is 1.92. The van der Waals surface area contributed by atoms with Gasteiger partial charge in [-0.1, -0.05) is 13.0 Å². The standard InChI is InChI=1S/C4H10NSi/c1-4(2-5)3-6/h4H,2-3,5H2,1H3. The van der Waals surface area contributed by atoms with Crippen LogP contribution in [0.4, 0.5) is 0 Å². The summed E-state index contributed by atoms with van der Waals surface area (Å²) >= 11 is 0. The molecule has 0 saturated carbocycles. The Kier molecular flexibility index (Phi) is 3.47. The van der Waals surface area contributed by atoms with Crippen molar-refractivity contribution in [1.29, 1.82) is 0 Å². The summed E-state index contributed by atoms with van der Waals surface area (Å²) in [4.78, 5) is 0. The van der Waals surface area contributed by atoms with E-state index in [1.807, 2.05) is 0 Å². The number of hydrogen-bond donors (Lipinski definition) is 1. The summed E-state index contributed by atoms with van der Waals surface area (Å²) in [7, 11) is 3.34. The molecule has 0 saturated heterocycles. The summed E-state index contributed by atoms with van der Waals surface area (Å²) in [6.45, 7) is 2.89. The second-order valence-electron chi connectivity index (χ2n) is 1.54. The Morgan fingerprint density at radius 2 is 2.33 bits per heavy atom. The predicted molar refractivity (Wildman–Crippen MR) is 28.8 cm³/mol. The van der Waals surface area contributed by atoms with E-state index in [1.165, 1.54) is 0 Å².